The van der Waals surface area contributed by atoms with Crippen LogP contribution in [0.2, 0.25) is 0 Å². The summed E-state index contributed by atoms with van der Waals surface area (Å²) in [6.07, 6.45) is 0.594. The van der Waals surface area contributed by atoms with Crippen LogP contribution in [0.4, 0.5) is 0 Å². The summed E-state index contributed by atoms with van der Waals surface area (Å²) in [7, 11) is 0. The first-order valence-corrected chi connectivity index (χ1v) is 4.89. The van der Waals surface area contributed by atoms with Crippen LogP contribution in [-0.4, -0.2) is 23.3 Å². The second-order valence-electron chi connectivity index (χ2n) is 4.31. The molecule has 0 radical (unpaired) electrons. The smallest absolute Gasteiger partial charge is 0.309 e. The highest BCUT2D eigenvalue weighted by molar-refractivity contribution is 5.74. The fourth-order valence-corrected chi connectivity index (χ4v) is 1.63. The molecule has 1 aliphatic rings. The van der Waals surface area contributed by atoms with Crippen molar-refractivity contribution in [3.63, 3.8) is 0 Å². The molecule has 13 heavy (non-hydrogen) atoms. The molecule has 1 fully saturated rings. The molecule has 1 N–H and O–H groups in total. The van der Waals surface area contributed by atoms with Gasteiger partial charge in [-0.1, -0.05) is 20.8 Å². The highest BCUT2D eigenvalue weighted by Crippen LogP contribution is 2.25. The Kier molecular flexibility index (Phi) is 3.31. The van der Waals surface area contributed by atoms with Crippen LogP contribution in [-0.2, 0) is 9.53 Å². The van der Waals surface area contributed by atoms with Crippen LogP contribution in [0.25, 0.3) is 0 Å². The van der Waals surface area contributed by atoms with Gasteiger partial charge in [0, 0.05) is 0 Å². The molecule has 0 aliphatic carbocycles. The van der Waals surface area contributed by atoms with Crippen LogP contribution in [0.5, 0.6) is 0 Å². The molecular formula is C10H18O3. The first-order valence-electron chi connectivity index (χ1n) is 4.89. The Morgan fingerprint density at radius 2 is 2.23 bits per heavy atom. The average Bonchev–Trinajstić information content (AvgIpc) is 2.31. The number of hydrogen-bond acceptors (Lipinski definition) is 3. The Bertz CT molecular complexity index is 189. The first-order chi connectivity index (χ1) is 6.00. The van der Waals surface area contributed by atoms with Crippen molar-refractivity contribution in [2.45, 2.75) is 45.8 Å². The maximum atomic E-state index is 11.0. The van der Waals surface area contributed by atoms with Gasteiger partial charge < -0.3 is 9.84 Å². The molecule has 0 bridgehead atoms. The number of aliphatic hydroxyl groups excluding tert-OH is 1. The lowest BCUT2D eigenvalue weighted by Crippen LogP contribution is -2.27. The van der Waals surface area contributed by atoms with E-state index in [2.05, 4.69) is 0 Å². The van der Waals surface area contributed by atoms with Gasteiger partial charge in [0.15, 0.2) is 0 Å². The van der Waals surface area contributed by atoms with Crippen LogP contribution < -0.4 is 0 Å². The first kappa shape index (κ1) is 10.5. The van der Waals surface area contributed by atoms with E-state index in [1.807, 2.05) is 20.8 Å². The highest BCUT2D eigenvalue weighted by atomic mass is 16.6. The second kappa shape index (κ2) is 4.09. The van der Waals surface area contributed by atoms with E-state index in [9.17, 15) is 9.90 Å². The minimum Gasteiger partial charge on any atom is -0.459 e. The number of aliphatic hydroxyl groups is 1. The Balaban J connectivity index is 2.41. The molecule has 3 nitrogen and oxygen atoms in total. The van der Waals surface area contributed by atoms with Crippen molar-refractivity contribution in [2.24, 2.45) is 11.8 Å². The van der Waals surface area contributed by atoms with Gasteiger partial charge in [-0.3, -0.25) is 4.79 Å². The summed E-state index contributed by atoms with van der Waals surface area (Å²) in [5, 5.41) is 9.68. The van der Waals surface area contributed by atoms with Crippen LogP contribution >= 0.6 is 0 Å². The third-order valence-electron chi connectivity index (χ3n) is 2.40. The minimum atomic E-state index is -0.492. The monoisotopic (exact) mass is 186 g/mol. The zero-order valence-electron chi connectivity index (χ0n) is 8.49. The van der Waals surface area contributed by atoms with Crippen LogP contribution in [0.15, 0.2) is 0 Å². The van der Waals surface area contributed by atoms with Crippen molar-refractivity contribution >= 4 is 5.97 Å². The molecule has 1 unspecified atom stereocenters. The SMILES string of the molecule is CC(C)CC(O)[C@H]1C[C@H](C)C(=O)O1. The molecule has 3 heteroatoms. The zero-order chi connectivity index (χ0) is 10.0. The quantitative estimate of drug-likeness (QED) is 0.677. The lowest BCUT2D eigenvalue weighted by atomic mass is 9.97. The molecule has 1 saturated heterocycles. The van der Waals surface area contributed by atoms with Gasteiger partial charge in [0.2, 0.25) is 0 Å². The number of hydrogen-bond donors (Lipinski definition) is 1. The van der Waals surface area contributed by atoms with Gasteiger partial charge in [-0.25, -0.2) is 0 Å². The summed E-state index contributed by atoms with van der Waals surface area (Å²) in [6.45, 7) is 5.93. The third kappa shape index (κ3) is 2.69. The van der Waals surface area contributed by atoms with Gasteiger partial charge in [0.1, 0.15) is 6.10 Å². The molecule has 1 heterocycles. The molecule has 76 valence electrons. The van der Waals surface area contributed by atoms with Crippen LogP contribution in [0.3, 0.4) is 0 Å². The van der Waals surface area contributed by atoms with Gasteiger partial charge in [0.25, 0.3) is 0 Å². The van der Waals surface area contributed by atoms with Crippen LogP contribution in [0, 0.1) is 11.8 Å². The van der Waals surface area contributed by atoms with E-state index >= 15 is 0 Å². The summed E-state index contributed by atoms with van der Waals surface area (Å²) in [4.78, 5) is 11.0. The fraction of sp³-hybridized carbons (Fsp3) is 0.900. The number of ether oxygens (including phenoxy) is 1. The molecule has 0 aromatic carbocycles. The van der Waals surface area contributed by atoms with Crippen molar-refractivity contribution in [3.8, 4) is 0 Å². The van der Waals surface area contributed by atoms with Crippen molar-refractivity contribution in [3.05, 3.63) is 0 Å². The van der Waals surface area contributed by atoms with Crippen molar-refractivity contribution < 1.29 is 14.6 Å². The molecule has 0 aromatic rings. The number of esters is 1. The normalized spacial score (nSPS) is 30.7. The maximum absolute atomic E-state index is 11.0. The van der Waals surface area contributed by atoms with E-state index in [1.54, 1.807) is 0 Å². The van der Waals surface area contributed by atoms with E-state index in [4.69, 9.17) is 4.74 Å². The summed E-state index contributed by atoms with van der Waals surface area (Å²) in [5.41, 5.74) is 0. The van der Waals surface area contributed by atoms with Gasteiger partial charge in [-0.15, -0.1) is 0 Å². The molecule has 1 rings (SSSR count). The average molecular weight is 186 g/mol. The van der Waals surface area contributed by atoms with E-state index in [0.29, 0.717) is 18.8 Å². The summed E-state index contributed by atoms with van der Waals surface area (Å²) >= 11 is 0. The highest BCUT2D eigenvalue weighted by Gasteiger charge is 2.35. The Morgan fingerprint density at radius 3 is 2.62 bits per heavy atom. The lowest BCUT2D eigenvalue weighted by Gasteiger charge is -2.18. The molecule has 1 aliphatic heterocycles. The van der Waals surface area contributed by atoms with E-state index in [1.165, 1.54) is 0 Å². The van der Waals surface area contributed by atoms with Crippen LogP contribution in [0.1, 0.15) is 33.6 Å². The summed E-state index contributed by atoms with van der Waals surface area (Å²) in [6, 6.07) is 0. The van der Waals surface area contributed by atoms with E-state index in [-0.39, 0.29) is 18.0 Å². The predicted molar refractivity (Wildman–Crippen MR) is 49.1 cm³/mol. The Labute approximate surface area is 79.1 Å². The van der Waals surface area contributed by atoms with Gasteiger partial charge in [-0.05, 0) is 18.8 Å². The molecule has 0 saturated carbocycles. The van der Waals surface area contributed by atoms with E-state index < -0.39 is 6.10 Å². The lowest BCUT2D eigenvalue weighted by molar-refractivity contribution is -0.147. The number of carbonyl (C=O) groups excluding carboxylic acids is 1. The summed E-state index contributed by atoms with van der Waals surface area (Å²) < 4.78 is 5.05. The molecule has 3 atom stereocenters. The van der Waals surface area contributed by atoms with Crippen molar-refractivity contribution in [2.75, 3.05) is 0 Å². The standard InChI is InChI=1S/C10H18O3/c1-6(2)4-8(11)9-5-7(3)10(12)13-9/h6-9,11H,4-5H2,1-3H3/t7-,8?,9+/m0/s1. The second-order valence-corrected chi connectivity index (χ2v) is 4.31. The molecular weight excluding hydrogens is 168 g/mol. The van der Waals surface area contributed by atoms with Gasteiger partial charge in [0.05, 0.1) is 12.0 Å². The fourth-order valence-electron chi connectivity index (χ4n) is 1.63. The number of carbonyl (C=O) groups is 1. The minimum absolute atomic E-state index is 0.0492. The van der Waals surface area contributed by atoms with Gasteiger partial charge >= 0.3 is 5.97 Å². The molecule has 0 aromatic heterocycles. The Morgan fingerprint density at radius 1 is 1.62 bits per heavy atom. The molecule has 0 spiro atoms. The molecule has 0 amide bonds. The Hall–Kier alpha value is -0.570. The van der Waals surface area contributed by atoms with E-state index in [0.717, 1.165) is 0 Å². The van der Waals surface area contributed by atoms with Crippen molar-refractivity contribution in [1.29, 1.82) is 0 Å². The number of rotatable bonds is 3. The predicted octanol–water partition coefficient (Wildman–Crippen LogP) is 1.34. The largest absolute Gasteiger partial charge is 0.459 e. The third-order valence-corrected chi connectivity index (χ3v) is 2.40. The van der Waals surface area contributed by atoms with Crippen molar-refractivity contribution in [1.82, 2.24) is 0 Å². The summed E-state index contributed by atoms with van der Waals surface area (Å²) in [5.74, 6) is 0.212. The van der Waals surface area contributed by atoms with Gasteiger partial charge in [-0.2, -0.15) is 0 Å². The maximum Gasteiger partial charge on any atom is 0.309 e. The topological polar surface area (TPSA) is 46.5 Å². The zero-order valence-corrected chi connectivity index (χ0v) is 8.49. The number of cyclic esters (lactones) is 1.